The Kier molecular flexibility index (Phi) is 5.60. The zero-order valence-corrected chi connectivity index (χ0v) is 16.9. The molecule has 0 aliphatic rings. The van der Waals surface area contributed by atoms with Gasteiger partial charge in [-0.05, 0) is 43.1 Å². The number of benzene rings is 5. The van der Waals surface area contributed by atoms with Gasteiger partial charge in [-0.3, -0.25) is 0 Å². The van der Waals surface area contributed by atoms with Crippen LogP contribution in [0.1, 0.15) is 0 Å². The highest BCUT2D eigenvalue weighted by Crippen LogP contribution is 2.39. The van der Waals surface area contributed by atoms with Crippen LogP contribution in [-0.4, -0.2) is 29.6 Å². The first-order valence-electron chi connectivity index (χ1n) is 9.58. The molecule has 33 heavy (non-hydrogen) atoms. The van der Waals surface area contributed by atoms with Crippen LogP contribution in [0.15, 0.2) is 72.8 Å². The molecule has 9 nitrogen and oxygen atoms in total. The van der Waals surface area contributed by atoms with E-state index >= 15 is 0 Å². The van der Waals surface area contributed by atoms with Crippen molar-refractivity contribution in [3.8, 4) is 0 Å². The third-order valence-corrected chi connectivity index (χ3v) is 4.93. The molecule has 5 aromatic carbocycles. The van der Waals surface area contributed by atoms with Crippen molar-refractivity contribution in [2.24, 2.45) is 5.73 Å². The number of primary amides is 1. The van der Waals surface area contributed by atoms with Gasteiger partial charge in [0.15, 0.2) is 0 Å². The SMILES string of the molecule is N=C(OC(N)=O)OC(=O)OC(=O)O.c1cc2cccc3c4cccc5cccc(c(c1)c23)c54. The Morgan fingerprint density at radius 2 is 1.06 bits per heavy atom. The fraction of sp³-hybridized carbons (Fsp3) is 0. The van der Waals surface area contributed by atoms with Gasteiger partial charge in [0.1, 0.15) is 0 Å². The molecule has 4 N–H and O–H groups in total. The Hall–Kier alpha value is -4.92. The molecule has 0 aliphatic heterocycles. The maximum Gasteiger partial charge on any atom is 0.527 e. The third-order valence-electron chi connectivity index (χ3n) is 4.93. The predicted octanol–water partition coefficient (Wildman–Crippen LogP) is 5.58. The number of carbonyl (C=O) groups excluding carboxylic acids is 2. The number of fused-ring (bicyclic) bond motifs is 2. The minimum absolute atomic E-state index is 1.28. The fourth-order valence-electron chi connectivity index (χ4n) is 3.86. The molecule has 0 unspecified atom stereocenters. The van der Waals surface area contributed by atoms with Crippen molar-refractivity contribution < 1.29 is 33.7 Å². The van der Waals surface area contributed by atoms with E-state index in [4.69, 9.17) is 10.5 Å². The molecule has 0 atom stereocenters. The zero-order valence-electron chi connectivity index (χ0n) is 16.9. The number of rotatable bonds is 0. The minimum Gasteiger partial charge on any atom is -0.449 e. The third kappa shape index (κ3) is 4.28. The smallest absolute Gasteiger partial charge is 0.449 e. The van der Waals surface area contributed by atoms with Gasteiger partial charge in [-0.2, -0.15) is 0 Å². The Labute approximate surface area is 185 Å². The van der Waals surface area contributed by atoms with Crippen LogP contribution in [0.4, 0.5) is 14.4 Å². The summed E-state index contributed by atoms with van der Waals surface area (Å²) in [4.78, 5) is 29.9. The predicted molar refractivity (Wildman–Crippen MR) is 122 cm³/mol. The lowest BCUT2D eigenvalue weighted by Gasteiger charge is -2.13. The molecule has 164 valence electrons. The van der Waals surface area contributed by atoms with Crippen LogP contribution < -0.4 is 5.73 Å². The second-order valence-corrected chi connectivity index (χ2v) is 6.85. The highest BCUT2D eigenvalue weighted by atomic mass is 16.8. The first kappa shape index (κ1) is 21.3. The van der Waals surface area contributed by atoms with Crippen molar-refractivity contribution in [1.82, 2.24) is 0 Å². The summed E-state index contributed by atoms with van der Waals surface area (Å²) in [5.41, 5.74) is 4.42. The summed E-state index contributed by atoms with van der Waals surface area (Å²) in [7, 11) is 0. The van der Waals surface area contributed by atoms with Gasteiger partial charge in [0.25, 0.3) is 0 Å². The number of hydrogen-bond donors (Lipinski definition) is 3. The molecule has 0 aromatic heterocycles. The lowest BCUT2D eigenvalue weighted by molar-refractivity contribution is 0.0750. The van der Waals surface area contributed by atoms with Crippen molar-refractivity contribution >= 4 is 67.6 Å². The summed E-state index contributed by atoms with van der Waals surface area (Å²) in [5.74, 6) is 0. The number of carboxylic acid groups (broad SMARTS) is 1. The highest BCUT2D eigenvalue weighted by molar-refractivity contribution is 6.32. The minimum atomic E-state index is -1.92. The molecule has 0 heterocycles. The molecule has 0 bridgehead atoms. The first-order chi connectivity index (χ1) is 15.8. The summed E-state index contributed by atoms with van der Waals surface area (Å²) in [6, 6.07) is 26.4. The maximum absolute atomic E-state index is 10.2. The molecule has 1 amide bonds. The highest BCUT2D eigenvalue weighted by Gasteiger charge is 2.15. The molecular weight excluding hydrogens is 428 g/mol. The fourth-order valence-corrected chi connectivity index (χ4v) is 3.86. The van der Waals surface area contributed by atoms with E-state index in [2.05, 4.69) is 92.7 Å². The zero-order chi connectivity index (χ0) is 23.5. The van der Waals surface area contributed by atoms with Gasteiger partial charge in [-0.1, -0.05) is 72.8 Å². The van der Waals surface area contributed by atoms with Gasteiger partial charge in [0.05, 0.1) is 0 Å². The van der Waals surface area contributed by atoms with E-state index in [1.54, 1.807) is 0 Å². The normalized spacial score (nSPS) is 10.5. The molecule has 0 aliphatic carbocycles. The van der Waals surface area contributed by atoms with E-state index in [1.807, 2.05) is 0 Å². The topological polar surface area (TPSA) is 149 Å². The van der Waals surface area contributed by atoms with Crippen LogP contribution in [-0.2, 0) is 14.2 Å². The molecule has 9 heteroatoms. The summed E-state index contributed by atoms with van der Waals surface area (Å²) in [5, 5.41) is 25.3. The van der Waals surface area contributed by atoms with Gasteiger partial charge in [0.2, 0.25) is 0 Å². The summed E-state index contributed by atoms with van der Waals surface area (Å²) >= 11 is 0. The van der Waals surface area contributed by atoms with Crippen LogP contribution in [0.3, 0.4) is 0 Å². The van der Waals surface area contributed by atoms with Crippen LogP contribution in [0.25, 0.3) is 43.1 Å². The van der Waals surface area contributed by atoms with Gasteiger partial charge in [-0.25, -0.2) is 19.8 Å². The Morgan fingerprint density at radius 1 is 0.667 bits per heavy atom. The molecule has 0 spiro atoms. The standard InChI is InChI=1S/C20H12.C4H4N2O7/c1-5-13-6-2-11-17-18-12-4-8-14-7-3-10-16(20(14)18)15(9-1)19(13)17;5-1(7)11-2(6)12-4(10)13-3(8)9/h1-12H;6H,(H2,5,7)(H,8,9). The molecule has 0 fully saturated rings. The number of nitrogens with two attached hydrogens (primary N) is 1. The first-order valence-corrected chi connectivity index (χ1v) is 9.58. The van der Waals surface area contributed by atoms with Crippen LogP contribution in [0.5, 0.6) is 0 Å². The summed E-state index contributed by atoms with van der Waals surface area (Å²) < 4.78 is 10.8. The number of nitrogens with one attached hydrogen (secondary N) is 1. The van der Waals surface area contributed by atoms with E-state index in [0.29, 0.717) is 0 Å². The van der Waals surface area contributed by atoms with Crippen LogP contribution >= 0.6 is 0 Å². The van der Waals surface area contributed by atoms with Crippen LogP contribution in [0, 0.1) is 5.41 Å². The second kappa shape index (κ2) is 8.67. The van der Waals surface area contributed by atoms with Crippen LogP contribution in [0.2, 0.25) is 0 Å². The molecule has 0 saturated heterocycles. The Morgan fingerprint density at radius 3 is 1.39 bits per heavy atom. The number of amides is 1. The quantitative estimate of drug-likeness (QED) is 0.0704. The average Bonchev–Trinajstić information content (AvgIpc) is 2.76. The number of carbonyl (C=O) groups is 3. The second-order valence-electron chi connectivity index (χ2n) is 6.85. The lowest BCUT2D eigenvalue weighted by Crippen LogP contribution is -2.23. The Bertz CT molecular complexity index is 1350. The van der Waals surface area contributed by atoms with E-state index in [0.717, 1.165) is 0 Å². The monoisotopic (exact) mass is 444 g/mol. The van der Waals surface area contributed by atoms with E-state index in [9.17, 15) is 14.4 Å². The molecular formula is C24H16N2O7. The van der Waals surface area contributed by atoms with Crippen molar-refractivity contribution in [1.29, 1.82) is 5.41 Å². The van der Waals surface area contributed by atoms with E-state index in [-0.39, 0.29) is 0 Å². The van der Waals surface area contributed by atoms with Gasteiger partial charge in [-0.15, -0.1) is 0 Å². The molecule has 0 radical (unpaired) electrons. The molecule has 5 aromatic rings. The maximum atomic E-state index is 10.2. The van der Waals surface area contributed by atoms with Gasteiger partial charge >= 0.3 is 24.5 Å². The Balaban J connectivity index is 0.000000176. The van der Waals surface area contributed by atoms with E-state index in [1.165, 1.54) is 43.1 Å². The van der Waals surface area contributed by atoms with E-state index < -0.39 is 24.5 Å². The molecule has 5 rings (SSSR count). The lowest BCUT2D eigenvalue weighted by atomic mass is 9.90. The average molecular weight is 444 g/mol. The van der Waals surface area contributed by atoms with Gasteiger partial charge in [0, 0.05) is 0 Å². The van der Waals surface area contributed by atoms with Crippen molar-refractivity contribution in [3.63, 3.8) is 0 Å². The largest absolute Gasteiger partial charge is 0.527 e. The van der Waals surface area contributed by atoms with Gasteiger partial charge < -0.3 is 25.1 Å². The van der Waals surface area contributed by atoms with Crippen molar-refractivity contribution in [2.45, 2.75) is 0 Å². The summed E-state index contributed by atoms with van der Waals surface area (Å²) in [6.07, 6.45) is -6.30. The summed E-state index contributed by atoms with van der Waals surface area (Å²) in [6.45, 7) is 0. The van der Waals surface area contributed by atoms with Crippen molar-refractivity contribution in [3.05, 3.63) is 72.8 Å². The molecule has 0 saturated carbocycles. The van der Waals surface area contributed by atoms with Crippen molar-refractivity contribution in [2.75, 3.05) is 0 Å². The number of hydrogen-bond acceptors (Lipinski definition) is 7. The number of ether oxygens (including phenoxy) is 3.